The van der Waals surface area contributed by atoms with E-state index >= 15 is 0 Å². The van der Waals surface area contributed by atoms with E-state index in [1.165, 1.54) is 11.1 Å². The summed E-state index contributed by atoms with van der Waals surface area (Å²) in [5.74, 6) is 0.262. The standard InChI is InChI=1S/C13H16BrNO/c1-9(2)15-8-10-4-3-5-12(14)11(10)6-7-13(15)16/h3-5,9H,6-8H2,1-2H3. The molecule has 1 aliphatic rings. The summed E-state index contributed by atoms with van der Waals surface area (Å²) >= 11 is 3.56. The van der Waals surface area contributed by atoms with Gasteiger partial charge in [-0.1, -0.05) is 28.1 Å². The first-order valence-corrected chi connectivity index (χ1v) is 6.44. The SMILES string of the molecule is CC(C)N1Cc2cccc(Br)c2CCC1=O. The predicted octanol–water partition coefficient (Wildman–Crippen LogP) is 3.13. The molecule has 0 fully saturated rings. The first-order chi connectivity index (χ1) is 7.59. The summed E-state index contributed by atoms with van der Waals surface area (Å²) in [6, 6.07) is 6.48. The van der Waals surface area contributed by atoms with E-state index in [1.807, 2.05) is 17.0 Å². The van der Waals surface area contributed by atoms with Crippen LogP contribution in [0.15, 0.2) is 22.7 Å². The number of carbonyl (C=O) groups excluding carboxylic acids is 1. The van der Waals surface area contributed by atoms with Crippen molar-refractivity contribution in [1.82, 2.24) is 4.90 Å². The summed E-state index contributed by atoms with van der Waals surface area (Å²) in [6.45, 7) is 4.88. The zero-order valence-electron chi connectivity index (χ0n) is 9.66. The summed E-state index contributed by atoms with van der Waals surface area (Å²) in [4.78, 5) is 13.9. The first-order valence-electron chi connectivity index (χ1n) is 5.65. The Morgan fingerprint density at radius 2 is 2.06 bits per heavy atom. The van der Waals surface area contributed by atoms with Gasteiger partial charge in [-0.25, -0.2) is 0 Å². The molecule has 0 unspecified atom stereocenters. The topological polar surface area (TPSA) is 20.3 Å². The van der Waals surface area contributed by atoms with Crippen molar-refractivity contribution in [3.05, 3.63) is 33.8 Å². The summed E-state index contributed by atoms with van der Waals surface area (Å²) in [7, 11) is 0. The van der Waals surface area contributed by atoms with Gasteiger partial charge in [0, 0.05) is 23.5 Å². The van der Waals surface area contributed by atoms with Crippen LogP contribution < -0.4 is 0 Å². The van der Waals surface area contributed by atoms with Crippen LogP contribution in [0.25, 0.3) is 0 Å². The lowest BCUT2D eigenvalue weighted by atomic mass is 10.0. The molecule has 1 aliphatic heterocycles. The second-order valence-electron chi connectivity index (χ2n) is 4.49. The second kappa shape index (κ2) is 4.58. The van der Waals surface area contributed by atoms with Crippen molar-refractivity contribution in [2.24, 2.45) is 0 Å². The van der Waals surface area contributed by atoms with E-state index in [1.54, 1.807) is 0 Å². The average molecular weight is 282 g/mol. The number of halogens is 1. The molecular formula is C13H16BrNO. The highest BCUT2D eigenvalue weighted by Crippen LogP contribution is 2.27. The van der Waals surface area contributed by atoms with Gasteiger partial charge in [-0.15, -0.1) is 0 Å². The summed E-state index contributed by atoms with van der Waals surface area (Å²) in [5.41, 5.74) is 2.56. The summed E-state index contributed by atoms with van der Waals surface area (Å²) < 4.78 is 1.13. The van der Waals surface area contributed by atoms with Crippen LogP contribution in [0, 0.1) is 0 Å². The Kier molecular flexibility index (Phi) is 3.33. The molecule has 1 amide bonds. The van der Waals surface area contributed by atoms with Gasteiger partial charge in [-0.05, 0) is 37.5 Å². The Labute approximate surface area is 105 Å². The van der Waals surface area contributed by atoms with Crippen molar-refractivity contribution >= 4 is 21.8 Å². The number of hydrogen-bond donors (Lipinski definition) is 0. The highest BCUT2D eigenvalue weighted by atomic mass is 79.9. The van der Waals surface area contributed by atoms with E-state index in [9.17, 15) is 4.79 Å². The number of rotatable bonds is 1. The van der Waals surface area contributed by atoms with Gasteiger partial charge in [0.1, 0.15) is 0 Å². The third kappa shape index (κ3) is 2.14. The third-order valence-electron chi connectivity index (χ3n) is 3.09. The maximum absolute atomic E-state index is 11.9. The average Bonchev–Trinajstić information content (AvgIpc) is 2.39. The molecule has 0 N–H and O–H groups in total. The summed E-state index contributed by atoms with van der Waals surface area (Å²) in [6.07, 6.45) is 1.46. The predicted molar refractivity (Wildman–Crippen MR) is 68.1 cm³/mol. The minimum absolute atomic E-state index is 0.262. The Bertz CT molecular complexity index is 414. The van der Waals surface area contributed by atoms with E-state index < -0.39 is 0 Å². The molecule has 1 heterocycles. The first kappa shape index (κ1) is 11.6. The van der Waals surface area contributed by atoms with Crippen LogP contribution in [0.5, 0.6) is 0 Å². The van der Waals surface area contributed by atoms with Crippen LogP contribution in [-0.2, 0) is 17.8 Å². The van der Waals surface area contributed by atoms with Gasteiger partial charge in [-0.3, -0.25) is 4.79 Å². The zero-order valence-corrected chi connectivity index (χ0v) is 11.3. The normalized spacial score (nSPS) is 16.2. The van der Waals surface area contributed by atoms with Crippen LogP contribution >= 0.6 is 15.9 Å². The molecular weight excluding hydrogens is 266 g/mol. The van der Waals surface area contributed by atoms with Crippen LogP contribution in [-0.4, -0.2) is 16.8 Å². The van der Waals surface area contributed by atoms with Crippen molar-refractivity contribution in [1.29, 1.82) is 0 Å². The van der Waals surface area contributed by atoms with E-state index in [4.69, 9.17) is 0 Å². The molecule has 1 aromatic rings. The maximum atomic E-state index is 11.9. The third-order valence-corrected chi connectivity index (χ3v) is 3.83. The van der Waals surface area contributed by atoms with Crippen molar-refractivity contribution in [3.8, 4) is 0 Å². The Balaban J connectivity index is 2.38. The van der Waals surface area contributed by atoms with E-state index in [0.29, 0.717) is 6.42 Å². The van der Waals surface area contributed by atoms with Crippen LogP contribution in [0.3, 0.4) is 0 Å². The second-order valence-corrected chi connectivity index (χ2v) is 5.35. The molecule has 2 rings (SSSR count). The fraction of sp³-hybridized carbons (Fsp3) is 0.462. The minimum Gasteiger partial charge on any atom is -0.336 e. The van der Waals surface area contributed by atoms with Gasteiger partial charge >= 0.3 is 0 Å². The highest BCUT2D eigenvalue weighted by Gasteiger charge is 2.23. The van der Waals surface area contributed by atoms with Crippen molar-refractivity contribution < 1.29 is 4.79 Å². The lowest BCUT2D eigenvalue weighted by molar-refractivity contribution is -0.133. The molecule has 0 spiro atoms. The lowest BCUT2D eigenvalue weighted by Crippen LogP contribution is -2.35. The number of benzene rings is 1. The fourth-order valence-corrected chi connectivity index (χ4v) is 2.75. The van der Waals surface area contributed by atoms with Crippen LogP contribution in [0.4, 0.5) is 0 Å². The molecule has 0 radical (unpaired) electrons. The number of nitrogens with zero attached hydrogens (tertiary/aromatic N) is 1. The molecule has 0 bridgehead atoms. The van der Waals surface area contributed by atoms with E-state index in [-0.39, 0.29) is 11.9 Å². The number of hydrogen-bond acceptors (Lipinski definition) is 1. The molecule has 0 atom stereocenters. The maximum Gasteiger partial charge on any atom is 0.223 e. The summed E-state index contributed by atoms with van der Waals surface area (Å²) in [5, 5.41) is 0. The van der Waals surface area contributed by atoms with Gasteiger partial charge < -0.3 is 4.90 Å². The van der Waals surface area contributed by atoms with E-state index in [2.05, 4.69) is 35.8 Å². The van der Waals surface area contributed by atoms with Crippen LogP contribution in [0.2, 0.25) is 0 Å². The molecule has 3 heteroatoms. The number of carbonyl (C=O) groups is 1. The number of fused-ring (bicyclic) bond motifs is 1. The van der Waals surface area contributed by atoms with Crippen molar-refractivity contribution in [3.63, 3.8) is 0 Å². The molecule has 2 nitrogen and oxygen atoms in total. The van der Waals surface area contributed by atoms with Gasteiger partial charge in [-0.2, -0.15) is 0 Å². The Hall–Kier alpha value is -0.830. The smallest absolute Gasteiger partial charge is 0.223 e. The molecule has 86 valence electrons. The van der Waals surface area contributed by atoms with E-state index in [0.717, 1.165) is 17.4 Å². The van der Waals surface area contributed by atoms with Gasteiger partial charge in [0.05, 0.1) is 0 Å². The Morgan fingerprint density at radius 3 is 2.75 bits per heavy atom. The fourth-order valence-electron chi connectivity index (χ4n) is 2.15. The largest absolute Gasteiger partial charge is 0.336 e. The Morgan fingerprint density at radius 1 is 1.31 bits per heavy atom. The van der Waals surface area contributed by atoms with Gasteiger partial charge in [0.15, 0.2) is 0 Å². The quantitative estimate of drug-likeness (QED) is 0.775. The molecule has 16 heavy (non-hydrogen) atoms. The molecule has 0 saturated carbocycles. The molecule has 0 aliphatic carbocycles. The van der Waals surface area contributed by atoms with Gasteiger partial charge in [0.25, 0.3) is 0 Å². The molecule has 0 aromatic heterocycles. The minimum atomic E-state index is 0.262. The molecule has 0 saturated heterocycles. The van der Waals surface area contributed by atoms with Crippen molar-refractivity contribution in [2.75, 3.05) is 0 Å². The monoisotopic (exact) mass is 281 g/mol. The highest BCUT2D eigenvalue weighted by molar-refractivity contribution is 9.10. The van der Waals surface area contributed by atoms with Crippen LogP contribution in [0.1, 0.15) is 31.4 Å². The molecule has 1 aromatic carbocycles. The van der Waals surface area contributed by atoms with Gasteiger partial charge in [0.2, 0.25) is 5.91 Å². The van der Waals surface area contributed by atoms with Crippen molar-refractivity contribution in [2.45, 2.75) is 39.3 Å². The number of amides is 1. The zero-order chi connectivity index (χ0) is 11.7. The lowest BCUT2D eigenvalue weighted by Gasteiger charge is -2.25.